The van der Waals surface area contributed by atoms with E-state index in [0.717, 1.165) is 11.0 Å². The Morgan fingerprint density at radius 3 is 2.70 bits per heavy atom. The second-order valence-electron chi connectivity index (χ2n) is 4.75. The first-order chi connectivity index (χ1) is 9.79. The molecule has 1 aromatic heterocycles. The van der Waals surface area contributed by atoms with Crippen LogP contribution in [0.4, 0.5) is 4.39 Å². The van der Waals surface area contributed by atoms with Crippen LogP contribution in [0.15, 0.2) is 54.9 Å². The molecule has 3 aromatic rings. The van der Waals surface area contributed by atoms with Crippen molar-refractivity contribution < 1.29 is 4.39 Å². The average Bonchev–Trinajstić information content (AvgIpc) is 2.89. The fourth-order valence-corrected chi connectivity index (χ4v) is 2.46. The summed E-state index contributed by atoms with van der Waals surface area (Å²) >= 11 is 0. The third-order valence-corrected chi connectivity index (χ3v) is 3.54. The summed E-state index contributed by atoms with van der Waals surface area (Å²) in [6.45, 7) is 0.637. The van der Waals surface area contributed by atoms with Gasteiger partial charge in [0.25, 0.3) is 0 Å². The van der Waals surface area contributed by atoms with Gasteiger partial charge < -0.3 is 9.88 Å². The van der Waals surface area contributed by atoms with Crippen LogP contribution in [-0.2, 0) is 6.54 Å². The first-order valence-electron chi connectivity index (χ1n) is 6.61. The van der Waals surface area contributed by atoms with Crippen molar-refractivity contribution in [3.05, 3.63) is 66.2 Å². The standard InChI is InChI=1S/C16H16FN3/c1-18-15(12-6-2-3-7-13(12)17)10-20-11-19-14-8-4-5-9-16(14)20/h2-9,11,15,18H,10H2,1H3. The van der Waals surface area contributed by atoms with Crippen molar-refractivity contribution in [3.8, 4) is 0 Å². The molecular weight excluding hydrogens is 253 g/mol. The van der Waals surface area contributed by atoms with Crippen molar-refractivity contribution in [1.29, 1.82) is 0 Å². The molecule has 0 amide bonds. The van der Waals surface area contributed by atoms with E-state index in [0.29, 0.717) is 12.1 Å². The molecule has 1 atom stereocenters. The van der Waals surface area contributed by atoms with Crippen LogP contribution in [0.2, 0.25) is 0 Å². The fraction of sp³-hybridized carbons (Fsp3) is 0.188. The van der Waals surface area contributed by atoms with E-state index >= 15 is 0 Å². The van der Waals surface area contributed by atoms with Gasteiger partial charge >= 0.3 is 0 Å². The predicted octanol–water partition coefficient (Wildman–Crippen LogP) is 3.14. The SMILES string of the molecule is CNC(Cn1cnc2ccccc21)c1ccccc1F. The van der Waals surface area contributed by atoms with Crippen LogP contribution in [0.3, 0.4) is 0 Å². The molecule has 1 heterocycles. The number of nitrogens with zero attached hydrogens (tertiary/aromatic N) is 2. The van der Waals surface area contributed by atoms with Gasteiger partial charge in [-0.05, 0) is 25.2 Å². The summed E-state index contributed by atoms with van der Waals surface area (Å²) in [7, 11) is 1.84. The first-order valence-corrected chi connectivity index (χ1v) is 6.61. The van der Waals surface area contributed by atoms with E-state index in [4.69, 9.17) is 0 Å². The maximum absolute atomic E-state index is 13.9. The van der Waals surface area contributed by atoms with Crippen LogP contribution >= 0.6 is 0 Å². The quantitative estimate of drug-likeness (QED) is 0.788. The van der Waals surface area contributed by atoms with E-state index in [9.17, 15) is 4.39 Å². The molecule has 0 saturated heterocycles. The lowest BCUT2D eigenvalue weighted by Crippen LogP contribution is -2.22. The highest BCUT2D eigenvalue weighted by Crippen LogP contribution is 2.21. The van der Waals surface area contributed by atoms with E-state index in [-0.39, 0.29) is 11.9 Å². The third-order valence-electron chi connectivity index (χ3n) is 3.54. The highest BCUT2D eigenvalue weighted by molar-refractivity contribution is 5.74. The number of benzene rings is 2. The first kappa shape index (κ1) is 12.8. The lowest BCUT2D eigenvalue weighted by atomic mass is 10.1. The number of hydrogen-bond acceptors (Lipinski definition) is 2. The molecule has 102 valence electrons. The molecule has 0 radical (unpaired) electrons. The normalized spacial score (nSPS) is 12.7. The topological polar surface area (TPSA) is 29.9 Å². The molecule has 1 N–H and O–H groups in total. The zero-order chi connectivity index (χ0) is 13.9. The number of nitrogens with one attached hydrogen (secondary N) is 1. The molecule has 0 bridgehead atoms. The van der Waals surface area contributed by atoms with Gasteiger partial charge in [-0.25, -0.2) is 9.37 Å². The number of hydrogen-bond donors (Lipinski definition) is 1. The van der Waals surface area contributed by atoms with E-state index in [1.54, 1.807) is 12.4 Å². The highest BCUT2D eigenvalue weighted by atomic mass is 19.1. The molecule has 2 aromatic carbocycles. The van der Waals surface area contributed by atoms with Crippen LogP contribution < -0.4 is 5.32 Å². The number of fused-ring (bicyclic) bond motifs is 1. The van der Waals surface area contributed by atoms with Crippen molar-refractivity contribution in [2.24, 2.45) is 0 Å². The van der Waals surface area contributed by atoms with E-state index < -0.39 is 0 Å². The van der Waals surface area contributed by atoms with Crippen LogP contribution in [0.5, 0.6) is 0 Å². The zero-order valence-electron chi connectivity index (χ0n) is 11.3. The van der Waals surface area contributed by atoms with Crippen LogP contribution in [0, 0.1) is 5.82 Å². The molecule has 0 aliphatic carbocycles. The van der Waals surface area contributed by atoms with Gasteiger partial charge in [-0.2, -0.15) is 0 Å². The number of imidazole rings is 1. The Labute approximate surface area is 117 Å². The second-order valence-corrected chi connectivity index (χ2v) is 4.75. The molecule has 0 fully saturated rings. The summed E-state index contributed by atoms with van der Waals surface area (Å²) in [5.74, 6) is -0.184. The lowest BCUT2D eigenvalue weighted by molar-refractivity contribution is 0.480. The molecule has 0 saturated carbocycles. The summed E-state index contributed by atoms with van der Waals surface area (Å²) in [5, 5.41) is 3.17. The Balaban J connectivity index is 1.94. The van der Waals surface area contributed by atoms with Gasteiger partial charge in [-0.15, -0.1) is 0 Å². The van der Waals surface area contributed by atoms with Gasteiger partial charge in [-0.3, -0.25) is 0 Å². The summed E-state index contributed by atoms with van der Waals surface area (Å²) in [5.41, 5.74) is 2.69. The molecule has 3 nitrogen and oxygen atoms in total. The molecule has 1 unspecified atom stereocenters. The van der Waals surface area contributed by atoms with Gasteiger partial charge in [0, 0.05) is 12.1 Å². The molecule has 3 rings (SSSR count). The zero-order valence-corrected chi connectivity index (χ0v) is 11.3. The van der Waals surface area contributed by atoms with Gasteiger partial charge in [-0.1, -0.05) is 30.3 Å². The van der Waals surface area contributed by atoms with Gasteiger partial charge in [0.1, 0.15) is 5.82 Å². The van der Waals surface area contributed by atoms with Crippen molar-refractivity contribution in [1.82, 2.24) is 14.9 Å². The maximum atomic E-state index is 13.9. The van der Waals surface area contributed by atoms with Crippen LogP contribution in [0.1, 0.15) is 11.6 Å². The van der Waals surface area contributed by atoms with E-state index in [1.807, 2.05) is 48.0 Å². The van der Waals surface area contributed by atoms with Gasteiger partial charge in [0.2, 0.25) is 0 Å². The molecule has 20 heavy (non-hydrogen) atoms. The number of halogens is 1. The van der Waals surface area contributed by atoms with E-state index in [1.165, 1.54) is 6.07 Å². The Kier molecular flexibility index (Phi) is 3.48. The molecular formula is C16H16FN3. The molecule has 0 aliphatic heterocycles. The smallest absolute Gasteiger partial charge is 0.128 e. The van der Waals surface area contributed by atoms with Crippen molar-refractivity contribution in [2.45, 2.75) is 12.6 Å². The van der Waals surface area contributed by atoms with Gasteiger partial charge in [0.15, 0.2) is 0 Å². The Bertz CT molecular complexity index is 720. The molecule has 4 heteroatoms. The number of rotatable bonds is 4. The largest absolute Gasteiger partial charge is 0.329 e. The predicted molar refractivity (Wildman–Crippen MR) is 77.9 cm³/mol. The minimum atomic E-state index is -0.184. The van der Waals surface area contributed by atoms with Crippen molar-refractivity contribution in [3.63, 3.8) is 0 Å². The highest BCUT2D eigenvalue weighted by Gasteiger charge is 2.15. The minimum Gasteiger partial charge on any atom is -0.329 e. The summed E-state index contributed by atoms with van der Waals surface area (Å²) in [6.07, 6.45) is 1.80. The molecule has 0 spiro atoms. The second kappa shape index (κ2) is 5.43. The molecule has 0 aliphatic rings. The van der Waals surface area contributed by atoms with Gasteiger partial charge in [0.05, 0.1) is 23.4 Å². The Morgan fingerprint density at radius 2 is 1.90 bits per heavy atom. The average molecular weight is 269 g/mol. The number of para-hydroxylation sites is 2. The van der Waals surface area contributed by atoms with Crippen molar-refractivity contribution >= 4 is 11.0 Å². The summed E-state index contributed by atoms with van der Waals surface area (Å²) in [6, 6.07) is 14.7. The lowest BCUT2D eigenvalue weighted by Gasteiger charge is -2.18. The number of aromatic nitrogens is 2. The third kappa shape index (κ3) is 2.30. The number of likely N-dealkylation sites (N-methyl/N-ethyl adjacent to an activating group) is 1. The maximum Gasteiger partial charge on any atom is 0.128 e. The van der Waals surface area contributed by atoms with E-state index in [2.05, 4.69) is 10.3 Å². The Morgan fingerprint density at radius 1 is 1.15 bits per heavy atom. The van der Waals surface area contributed by atoms with Crippen molar-refractivity contribution in [2.75, 3.05) is 7.05 Å². The fourth-order valence-electron chi connectivity index (χ4n) is 2.46. The summed E-state index contributed by atoms with van der Waals surface area (Å²) < 4.78 is 15.9. The summed E-state index contributed by atoms with van der Waals surface area (Å²) in [4.78, 5) is 4.36. The monoisotopic (exact) mass is 269 g/mol. The minimum absolute atomic E-state index is 0.0891. The van der Waals surface area contributed by atoms with Crippen LogP contribution in [0.25, 0.3) is 11.0 Å². The van der Waals surface area contributed by atoms with Crippen LogP contribution in [-0.4, -0.2) is 16.6 Å². The Hall–Kier alpha value is -2.20.